The second-order valence-corrected chi connectivity index (χ2v) is 5.55. The van der Waals surface area contributed by atoms with Crippen LogP contribution in [0, 0.1) is 0 Å². The number of aromatic hydroxyl groups is 1. The summed E-state index contributed by atoms with van der Waals surface area (Å²) in [5.74, 6) is 0.509. The third-order valence-electron chi connectivity index (χ3n) is 3.55. The number of fused-ring (bicyclic) bond motifs is 1. The van der Waals surface area contributed by atoms with E-state index in [2.05, 4.69) is 0 Å². The van der Waals surface area contributed by atoms with Crippen LogP contribution in [0.5, 0.6) is 11.5 Å². The maximum absolute atomic E-state index is 12.7. The predicted molar refractivity (Wildman–Crippen MR) is 92.0 cm³/mol. The molecule has 0 spiro atoms. The Hall–Kier alpha value is -2.50. The van der Waals surface area contributed by atoms with Crippen molar-refractivity contribution in [2.45, 2.75) is 0 Å². The summed E-state index contributed by atoms with van der Waals surface area (Å²) in [5.41, 5.74) is 1.16. The largest absolute Gasteiger partial charge is 0.508 e. The molecule has 124 valence electrons. The van der Waals surface area contributed by atoms with E-state index in [0.29, 0.717) is 46.1 Å². The van der Waals surface area contributed by atoms with Gasteiger partial charge in [-0.25, -0.2) is 0 Å². The number of hydrogen-bond donors (Lipinski definition) is 1. The van der Waals surface area contributed by atoms with E-state index in [-0.39, 0.29) is 11.2 Å². The molecule has 0 aliphatic rings. The molecule has 3 aromatic rings. The van der Waals surface area contributed by atoms with Crippen molar-refractivity contribution < 1.29 is 19.0 Å². The van der Waals surface area contributed by atoms with Crippen molar-refractivity contribution in [3.8, 4) is 22.6 Å². The quantitative estimate of drug-likeness (QED) is 0.711. The van der Waals surface area contributed by atoms with Gasteiger partial charge in [-0.1, -0.05) is 17.7 Å². The van der Waals surface area contributed by atoms with Crippen LogP contribution in [0.25, 0.3) is 22.1 Å². The Morgan fingerprint density at radius 2 is 2.00 bits per heavy atom. The van der Waals surface area contributed by atoms with E-state index in [0.717, 1.165) is 0 Å². The Labute approximate surface area is 143 Å². The lowest BCUT2D eigenvalue weighted by molar-refractivity contribution is 0.146. The van der Waals surface area contributed by atoms with E-state index in [9.17, 15) is 9.90 Å². The average molecular weight is 347 g/mol. The normalized spacial score (nSPS) is 10.9. The molecule has 6 heteroatoms. The third kappa shape index (κ3) is 3.22. The van der Waals surface area contributed by atoms with Crippen LogP contribution in [0.2, 0.25) is 5.02 Å². The summed E-state index contributed by atoms with van der Waals surface area (Å²) in [7, 11) is 1.58. The molecular weight excluding hydrogens is 332 g/mol. The molecule has 0 aliphatic heterocycles. The summed E-state index contributed by atoms with van der Waals surface area (Å²) in [6.45, 7) is 0.785. The Balaban J connectivity index is 2.04. The number of phenols is 1. The molecule has 0 atom stereocenters. The molecule has 24 heavy (non-hydrogen) atoms. The minimum Gasteiger partial charge on any atom is -0.508 e. The average Bonchev–Trinajstić information content (AvgIpc) is 2.57. The van der Waals surface area contributed by atoms with Gasteiger partial charge in [-0.15, -0.1) is 0 Å². The summed E-state index contributed by atoms with van der Waals surface area (Å²) in [6, 6.07) is 9.47. The fraction of sp³-hybridized carbons (Fsp3) is 0.167. The highest BCUT2D eigenvalue weighted by Crippen LogP contribution is 2.30. The molecule has 0 saturated carbocycles. The van der Waals surface area contributed by atoms with E-state index < -0.39 is 0 Å². The molecule has 0 radical (unpaired) electrons. The molecule has 1 aromatic heterocycles. The highest BCUT2D eigenvalue weighted by atomic mass is 35.5. The van der Waals surface area contributed by atoms with Crippen LogP contribution >= 0.6 is 11.6 Å². The monoisotopic (exact) mass is 346 g/mol. The molecule has 2 aromatic carbocycles. The zero-order valence-corrected chi connectivity index (χ0v) is 13.7. The molecule has 0 bridgehead atoms. The highest BCUT2D eigenvalue weighted by molar-refractivity contribution is 6.32. The molecule has 0 amide bonds. The molecular formula is C18H15ClO5. The second kappa shape index (κ2) is 6.95. The van der Waals surface area contributed by atoms with E-state index in [1.54, 1.807) is 25.3 Å². The van der Waals surface area contributed by atoms with Crippen LogP contribution in [-0.4, -0.2) is 25.4 Å². The summed E-state index contributed by atoms with van der Waals surface area (Å²) < 4.78 is 16.0. The second-order valence-electron chi connectivity index (χ2n) is 5.15. The number of halogens is 1. The molecule has 0 saturated heterocycles. The zero-order valence-electron chi connectivity index (χ0n) is 12.9. The number of rotatable bonds is 5. The maximum Gasteiger partial charge on any atom is 0.200 e. The van der Waals surface area contributed by atoms with E-state index in [4.69, 9.17) is 25.5 Å². The van der Waals surface area contributed by atoms with Crippen LogP contribution < -0.4 is 10.2 Å². The van der Waals surface area contributed by atoms with Gasteiger partial charge in [0, 0.05) is 13.2 Å². The number of methoxy groups -OCH3 is 1. The van der Waals surface area contributed by atoms with Crippen LogP contribution in [0.15, 0.2) is 51.9 Å². The van der Waals surface area contributed by atoms with Crippen molar-refractivity contribution in [2.75, 3.05) is 20.3 Å². The predicted octanol–water partition coefficient (Wildman–Crippen LogP) is 3.84. The van der Waals surface area contributed by atoms with E-state index in [1.165, 1.54) is 24.5 Å². The lowest BCUT2D eigenvalue weighted by Crippen LogP contribution is -2.06. The first-order chi connectivity index (χ1) is 11.6. The smallest absolute Gasteiger partial charge is 0.200 e. The minimum absolute atomic E-state index is 0.0405. The highest BCUT2D eigenvalue weighted by Gasteiger charge is 2.12. The number of ether oxygens (including phenoxy) is 2. The van der Waals surface area contributed by atoms with Crippen molar-refractivity contribution in [1.82, 2.24) is 0 Å². The van der Waals surface area contributed by atoms with Gasteiger partial charge < -0.3 is 19.0 Å². The molecule has 1 heterocycles. The van der Waals surface area contributed by atoms with Crippen LogP contribution in [0.3, 0.4) is 0 Å². The van der Waals surface area contributed by atoms with Crippen LogP contribution in [0.1, 0.15) is 0 Å². The van der Waals surface area contributed by atoms with Crippen molar-refractivity contribution in [3.05, 3.63) is 57.9 Å². The maximum atomic E-state index is 12.7. The van der Waals surface area contributed by atoms with Crippen molar-refractivity contribution in [3.63, 3.8) is 0 Å². The molecule has 0 unspecified atom stereocenters. The van der Waals surface area contributed by atoms with Gasteiger partial charge >= 0.3 is 0 Å². The van der Waals surface area contributed by atoms with Crippen molar-refractivity contribution in [1.29, 1.82) is 0 Å². The zero-order chi connectivity index (χ0) is 17.1. The summed E-state index contributed by atoms with van der Waals surface area (Å²) >= 11 is 6.12. The first kappa shape index (κ1) is 16.4. The van der Waals surface area contributed by atoms with Gasteiger partial charge in [-0.3, -0.25) is 4.79 Å². The van der Waals surface area contributed by atoms with E-state index in [1.807, 2.05) is 0 Å². The standard InChI is InChI=1S/C18H15ClO5/c1-22-6-7-23-17-8-11(2-5-15(17)19)14-10-24-16-9-12(20)3-4-13(16)18(14)21/h2-5,8-10,20H,6-7H2,1H3. The lowest BCUT2D eigenvalue weighted by Gasteiger charge is -2.10. The van der Waals surface area contributed by atoms with Gasteiger partial charge in [0.1, 0.15) is 30.0 Å². The summed E-state index contributed by atoms with van der Waals surface area (Å²) in [6.07, 6.45) is 1.37. The van der Waals surface area contributed by atoms with Gasteiger partial charge in [-0.2, -0.15) is 0 Å². The third-order valence-corrected chi connectivity index (χ3v) is 3.86. The SMILES string of the molecule is COCCOc1cc(-c2coc3cc(O)ccc3c2=O)ccc1Cl. The number of benzene rings is 2. The molecule has 5 nitrogen and oxygen atoms in total. The van der Waals surface area contributed by atoms with Crippen LogP contribution in [-0.2, 0) is 4.74 Å². The first-order valence-electron chi connectivity index (χ1n) is 7.26. The van der Waals surface area contributed by atoms with Gasteiger partial charge in [0.25, 0.3) is 0 Å². The van der Waals surface area contributed by atoms with Crippen molar-refractivity contribution >= 4 is 22.6 Å². The Bertz CT molecular complexity index is 932. The Morgan fingerprint density at radius 1 is 1.17 bits per heavy atom. The fourth-order valence-corrected chi connectivity index (χ4v) is 2.50. The minimum atomic E-state index is -0.193. The van der Waals surface area contributed by atoms with Gasteiger partial charge in [-0.05, 0) is 29.8 Å². The fourth-order valence-electron chi connectivity index (χ4n) is 2.33. The Morgan fingerprint density at radius 3 is 2.79 bits per heavy atom. The first-order valence-corrected chi connectivity index (χ1v) is 7.64. The molecule has 0 fully saturated rings. The Kier molecular flexibility index (Phi) is 4.74. The molecule has 3 rings (SSSR count). The summed E-state index contributed by atoms with van der Waals surface area (Å²) in [5, 5.41) is 10.3. The molecule has 0 aliphatic carbocycles. The van der Waals surface area contributed by atoms with Crippen LogP contribution in [0.4, 0.5) is 0 Å². The van der Waals surface area contributed by atoms with Gasteiger partial charge in [0.15, 0.2) is 5.43 Å². The number of phenolic OH excluding ortho intramolecular Hbond substituents is 1. The number of hydrogen-bond acceptors (Lipinski definition) is 5. The summed E-state index contributed by atoms with van der Waals surface area (Å²) in [4.78, 5) is 12.7. The van der Waals surface area contributed by atoms with Gasteiger partial charge in [0.05, 0.1) is 22.6 Å². The lowest BCUT2D eigenvalue weighted by atomic mass is 10.1. The van der Waals surface area contributed by atoms with E-state index >= 15 is 0 Å². The van der Waals surface area contributed by atoms with Crippen molar-refractivity contribution in [2.24, 2.45) is 0 Å². The molecule has 1 N–H and O–H groups in total. The topological polar surface area (TPSA) is 68.9 Å². The van der Waals surface area contributed by atoms with Gasteiger partial charge in [0.2, 0.25) is 0 Å².